The summed E-state index contributed by atoms with van der Waals surface area (Å²) in [6.45, 7) is 3.95. The quantitative estimate of drug-likeness (QED) is 0.717. The van der Waals surface area contributed by atoms with Crippen molar-refractivity contribution in [1.29, 1.82) is 0 Å². The first-order valence-electron chi connectivity index (χ1n) is 8.36. The maximum atomic E-state index is 12.7. The number of carbonyl (C=O) groups is 2. The minimum atomic E-state index is -0.484. The number of nitrogens with zero attached hydrogens (tertiary/aromatic N) is 2. The average Bonchev–Trinajstić information content (AvgIpc) is 3.05. The van der Waals surface area contributed by atoms with Gasteiger partial charge in [0, 0.05) is 12.4 Å². The predicted molar refractivity (Wildman–Crippen MR) is 97.9 cm³/mol. The summed E-state index contributed by atoms with van der Waals surface area (Å²) >= 11 is 0. The predicted octanol–water partition coefficient (Wildman–Crippen LogP) is 2.99. The van der Waals surface area contributed by atoms with Crippen LogP contribution in [0.1, 0.15) is 39.6 Å². The van der Waals surface area contributed by atoms with Gasteiger partial charge in [-0.3, -0.25) is 9.59 Å². The molecule has 26 heavy (non-hydrogen) atoms. The highest BCUT2D eigenvalue weighted by molar-refractivity contribution is 5.93. The molecular formula is C20H21N3O3. The monoisotopic (exact) mass is 351 g/mol. The Morgan fingerprint density at radius 2 is 1.88 bits per heavy atom. The van der Waals surface area contributed by atoms with E-state index in [2.05, 4.69) is 10.3 Å². The molecule has 0 unspecified atom stereocenters. The molecule has 6 heteroatoms. The maximum absolute atomic E-state index is 12.7. The van der Waals surface area contributed by atoms with Crippen LogP contribution in [0.3, 0.4) is 0 Å². The number of imidazole rings is 1. The highest BCUT2D eigenvalue weighted by Gasteiger charge is 2.21. The van der Waals surface area contributed by atoms with E-state index in [4.69, 9.17) is 4.74 Å². The van der Waals surface area contributed by atoms with Gasteiger partial charge in [-0.25, -0.2) is 4.98 Å². The van der Waals surface area contributed by atoms with Gasteiger partial charge in [0.25, 0.3) is 5.91 Å². The second kappa shape index (κ2) is 7.39. The van der Waals surface area contributed by atoms with E-state index in [1.807, 2.05) is 56.4 Å². The molecule has 0 saturated carbocycles. The molecule has 0 radical (unpaired) electrons. The molecular weight excluding hydrogens is 330 g/mol. The highest BCUT2D eigenvalue weighted by Crippen LogP contribution is 2.19. The summed E-state index contributed by atoms with van der Waals surface area (Å²) in [5.41, 5.74) is 4.02. The Labute approximate surface area is 151 Å². The van der Waals surface area contributed by atoms with Crippen LogP contribution in [-0.2, 0) is 9.53 Å². The highest BCUT2D eigenvalue weighted by atomic mass is 16.5. The average molecular weight is 351 g/mol. The van der Waals surface area contributed by atoms with Gasteiger partial charge in [0.2, 0.25) is 0 Å². The van der Waals surface area contributed by atoms with E-state index in [9.17, 15) is 9.59 Å². The van der Waals surface area contributed by atoms with E-state index in [1.165, 1.54) is 7.11 Å². The summed E-state index contributed by atoms with van der Waals surface area (Å²) in [6.07, 6.45) is 3.59. The first-order chi connectivity index (χ1) is 12.5. The molecule has 1 atom stereocenters. The summed E-state index contributed by atoms with van der Waals surface area (Å²) < 4.78 is 6.56. The van der Waals surface area contributed by atoms with Crippen molar-refractivity contribution in [3.05, 3.63) is 71.2 Å². The maximum Gasteiger partial charge on any atom is 0.307 e. The minimum absolute atomic E-state index is 0.0534. The lowest BCUT2D eigenvalue weighted by molar-refractivity contribution is -0.141. The normalized spacial score (nSPS) is 12.0. The Kier molecular flexibility index (Phi) is 5.02. The Morgan fingerprint density at radius 1 is 1.15 bits per heavy atom. The molecule has 0 aliphatic heterocycles. The number of amides is 1. The van der Waals surface area contributed by atoms with Crippen molar-refractivity contribution in [2.45, 2.75) is 26.3 Å². The Morgan fingerprint density at radius 3 is 2.58 bits per heavy atom. The molecule has 2 aromatic heterocycles. The molecule has 2 heterocycles. The second-order valence-corrected chi connectivity index (χ2v) is 6.31. The van der Waals surface area contributed by atoms with E-state index in [0.717, 1.165) is 16.7 Å². The van der Waals surface area contributed by atoms with Gasteiger partial charge in [-0.1, -0.05) is 29.8 Å². The van der Waals surface area contributed by atoms with Gasteiger partial charge in [0.15, 0.2) is 0 Å². The van der Waals surface area contributed by atoms with Crippen LogP contribution in [-0.4, -0.2) is 28.4 Å². The molecule has 0 aliphatic carbocycles. The number of methoxy groups -OCH3 is 1. The lowest BCUT2D eigenvalue weighted by atomic mass is 10.0. The number of hydrogen-bond acceptors (Lipinski definition) is 4. The lowest BCUT2D eigenvalue weighted by Gasteiger charge is -2.17. The third-order valence-electron chi connectivity index (χ3n) is 4.23. The molecule has 1 amide bonds. The molecule has 1 N–H and O–H groups in total. The van der Waals surface area contributed by atoms with Crippen LogP contribution in [0.4, 0.5) is 0 Å². The molecule has 0 bridgehead atoms. The van der Waals surface area contributed by atoms with Crippen molar-refractivity contribution in [2.75, 3.05) is 7.11 Å². The number of nitrogens with one attached hydrogen (secondary N) is 1. The third-order valence-corrected chi connectivity index (χ3v) is 4.23. The fraction of sp³-hybridized carbons (Fsp3) is 0.250. The van der Waals surface area contributed by atoms with Crippen molar-refractivity contribution in [3.63, 3.8) is 0 Å². The Hall–Kier alpha value is -3.15. The second-order valence-electron chi connectivity index (χ2n) is 6.31. The minimum Gasteiger partial charge on any atom is -0.469 e. The van der Waals surface area contributed by atoms with Gasteiger partial charge >= 0.3 is 5.97 Å². The SMILES string of the molecule is COC(=O)C[C@H](NC(=O)c1cn2ccc(C)cc2n1)c1ccc(C)cc1. The number of pyridine rings is 1. The molecule has 3 aromatic rings. The number of rotatable bonds is 5. The number of carbonyl (C=O) groups excluding carboxylic acids is 2. The van der Waals surface area contributed by atoms with Gasteiger partial charge in [-0.05, 0) is 37.1 Å². The van der Waals surface area contributed by atoms with E-state index in [-0.39, 0.29) is 18.3 Å². The number of hydrogen-bond donors (Lipinski definition) is 1. The third kappa shape index (κ3) is 3.91. The number of fused-ring (bicyclic) bond motifs is 1. The number of aryl methyl sites for hydroxylation is 2. The molecule has 134 valence electrons. The van der Waals surface area contributed by atoms with Gasteiger partial charge in [-0.15, -0.1) is 0 Å². The van der Waals surface area contributed by atoms with E-state index in [1.54, 1.807) is 10.6 Å². The molecule has 0 saturated heterocycles. The number of ether oxygens (including phenoxy) is 1. The van der Waals surface area contributed by atoms with Gasteiger partial charge in [0.05, 0.1) is 19.6 Å². The Bertz CT molecular complexity index is 945. The summed E-state index contributed by atoms with van der Waals surface area (Å²) in [5.74, 6) is -0.720. The molecule has 1 aromatic carbocycles. The van der Waals surface area contributed by atoms with Crippen molar-refractivity contribution in [2.24, 2.45) is 0 Å². The molecule has 3 rings (SSSR count). The Balaban J connectivity index is 1.85. The fourth-order valence-corrected chi connectivity index (χ4v) is 2.73. The smallest absolute Gasteiger partial charge is 0.307 e. The summed E-state index contributed by atoms with van der Waals surface area (Å²) in [5, 5.41) is 2.89. The van der Waals surface area contributed by atoms with Crippen molar-refractivity contribution >= 4 is 17.5 Å². The fourth-order valence-electron chi connectivity index (χ4n) is 2.73. The number of esters is 1. The summed E-state index contributed by atoms with van der Waals surface area (Å²) in [7, 11) is 1.33. The van der Waals surface area contributed by atoms with Crippen LogP contribution in [0.25, 0.3) is 5.65 Å². The summed E-state index contributed by atoms with van der Waals surface area (Å²) in [6, 6.07) is 11.1. The van der Waals surface area contributed by atoms with Gasteiger partial charge in [0.1, 0.15) is 11.3 Å². The lowest BCUT2D eigenvalue weighted by Crippen LogP contribution is -2.30. The van der Waals surface area contributed by atoms with Crippen molar-refractivity contribution in [3.8, 4) is 0 Å². The topological polar surface area (TPSA) is 72.7 Å². The summed E-state index contributed by atoms with van der Waals surface area (Å²) in [4.78, 5) is 28.8. The molecule has 0 aliphatic rings. The van der Waals surface area contributed by atoms with E-state index >= 15 is 0 Å². The van der Waals surface area contributed by atoms with Crippen molar-refractivity contribution in [1.82, 2.24) is 14.7 Å². The molecule has 0 fully saturated rings. The molecule has 6 nitrogen and oxygen atoms in total. The number of aromatic nitrogens is 2. The number of benzene rings is 1. The van der Waals surface area contributed by atoms with Crippen LogP contribution < -0.4 is 5.32 Å². The van der Waals surface area contributed by atoms with Crippen LogP contribution in [0.5, 0.6) is 0 Å². The van der Waals surface area contributed by atoms with Gasteiger partial charge in [-0.2, -0.15) is 0 Å². The van der Waals surface area contributed by atoms with Gasteiger partial charge < -0.3 is 14.5 Å². The van der Waals surface area contributed by atoms with Crippen LogP contribution >= 0.6 is 0 Å². The van der Waals surface area contributed by atoms with Crippen molar-refractivity contribution < 1.29 is 14.3 Å². The van der Waals surface area contributed by atoms with Crippen LogP contribution in [0, 0.1) is 13.8 Å². The molecule has 0 spiro atoms. The van der Waals surface area contributed by atoms with Crippen LogP contribution in [0.2, 0.25) is 0 Å². The standard InChI is InChI=1S/C20H21N3O3/c1-13-4-6-15(7-5-13)16(11-19(24)26-3)22-20(25)17-12-23-9-8-14(2)10-18(23)21-17/h4-10,12,16H,11H2,1-3H3,(H,22,25)/t16-/m0/s1. The van der Waals surface area contributed by atoms with E-state index < -0.39 is 6.04 Å². The largest absolute Gasteiger partial charge is 0.469 e. The first kappa shape index (κ1) is 17.7. The zero-order valence-corrected chi connectivity index (χ0v) is 15.0. The zero-order chi connectivity index (χ0) is 18.7. The zero-order valence-electron chi connectivity index (χ0n) is 15.0. The first-order valence-corrected chi connectivity index (χ1v) is 8.36. The van der Waals surface area contributed by atoms with Crippen LogP contribution in [0.15, 0.2) is 48.8 Å². The van der Waals surface area contributed by atoms with E-state index in [0.29, 0.717) is 11.3 Å².